The van der Waals surface area contributed by atoms with E-state index in [0.717, 1.165) is 56.3 Å². The number of carbonyl (C=O) groups excluding carboxylic acids is 1. The van der Waals surface area contributed by atoms with E-state index in [1.807, 2.05) is 29.8 Å². The molecule has 1 aromatic heterocycles. The third-order valence-corrected chi connectivity index (χ3v) is 6.05. The van der Waals surface area contributed by atoms with E-state index in [1.165, 1.54) is 7.11 Å². The summed E-state index contributed by atoms with van der Waals surface area (Å²) >= 11 is 0. The second-order valence-electron chi connectivity index (χ2n) is 8.89. The molecule has 4 rings (SSSR count). The molecule has 0 unspecified atom stereocenters. The number of hydrogen-bond acceptors (Lipinski definition) is 8. The van der Waals surface area contributed by atoms with Gasteiger partial charge in [-0.3, -0.25) is 9.69 Å². The highest BCUT2D eigenvalue weighted by molar-refractivity contribution is 5.76. The maximum atomic E-state index is 11.7. The molecule has 2 fully saturated rings. The first-order valence-corrected chi connectivity index (χ1v) is 12.1. The number of aromatic nitrogens is 2. The first kappa shape index (κ1) is 33.3. The van der Waals surface area contributed by atoms with E-state index in [1.54, 1.807) is 0 Å². The van der Waals surface area contributed by atoms with Crippen LogP contribution in [0, 0.1) is 6.92 Å². The Hall–Kier alpha value is -3.86. The van der Waals surface area contributed by atoms with E-state index >= 15 is 0 Å². The van der Waals surface area contributed by atoms with Gasteiger partial charge in [-0.15, -0.1) is 0 Å². The van der Waals surface area contributed by atoms with Crippen LogP contribution in [0.4, 0.5) is 32.2 Å². The lowest BCUT2D eigenvalue weighted by molar-refractivity contribution is -0.193. The summed E-state index contributed by atoms with van der Waals surface area (Å²) in [6.07, 6.45) is -9.34. The van der Waals surface area contributed by atoms with Crippen LogP contribution in [0.1, 0.15) is 12.1 Å². The summed E-state index contributed by atoms with van der Waals surface area (Å²) in [6, 6.07) is 12.7. The highest BCUT2D eigenvalue weighted by atomic mass is 19.4. The third-order valence-electron chi connectivity index (χ3n) is 6.05. The number of anilines is 1. The first-order valence-electron chi connectivity index (χ1n) is 12.1. The van der Waals surface area contributed by atoms with E-state index in [9.17, 15) is 31.1 Å². The minimum Gasteiger partial charge on any atom is -0.475 e. The van der Waals surface area contributed by atoms with E-state index in [-0.39, 0.29) is 12.0 Å². The molecule has 17 heteroatoms. The molecule has 1 aromatic carbocycles. The number of esters is 1. The molecule has 0 amide bonds. The van der Waals surface area contributed by atoms with Crippen LogP contribution in [0.5, 0.6) is 0 Å². The highest BCUT2D eigenvalue weighted by Crippen LogP contribution is 2.24. The molecule has 2 atom stereocenters. The van der Waals surface area contributed by atoms with Crippen molar-refractivity contribution in [2.45, 2.75) is 37.8 Å². The lowest BCUT2D eigenvalue weighted by Gasteiger charge is -2.38. The van der Waals surface area contributed by atoms with Gasteiger partial charge in [0.1, 0.15) is 11.9 Å². The minimum absolute atomic E-state index is 0.154. The number of carboxylic acids is 2. The van der Waals surface area contributed by atoms with Gasteiger partial charge in [-0.1, -0.05) is 18.2 Å². The number of nitrogens with one attached hydrogen (secondary N) is 1. The predicted octanol–water partition coefficient (Wildman–Crippen LogP) is 2.47. The number of para-hydroxylation sites is 1. The molecule has 2 saturated heterocycles. The molecule has 41 heavy (non-hydrogen) atoms. The van der Waals surface area contributed by atoms with E-state index in [0.29, 0.717) is 6.04 Å². The van der Waals surface area contributed by atoms with Crippen molar-refractivity contribution in [1.82, 2.24) is 20.0 Å². The Balaban J connectivity index is 0.000000349. The van der Waals surface area contributed by atoms with Gasteiger partial charge in [0.05, 0.1) is 18.5 Å². The van der Waals surface area contributed by atoms with Gasteiger partial charge in [0.15, 0.2) is 0 Å². The molecule has 0 saturated carbocycles. The van der Waals surface area contributed by atoms with Crippen molar-refractivity contribution in [1.29, 1.82) is 0 Å². The van der Waals surface area contributed by atoms with Crippen LogP contribution >= 0.6 is 0 Å². The summed E-state index contributed by atoms with van der Waals surface area (Å²) in [5.41, 5.74) is 2.11. The molecule has 11 nitrogen and oxygen atoms in total. The summed E-state index contributed by atoms with van der Waals surface area (Å²) < 4.78 is 70.4. The Morgan fingerprint density at radius 3 is 1.93 bits per heavy atom. The van der Waals surface area contributed by atoms with Crippen LogP contribution in [0.15, 0.2) is 36.4 Å². The Kier molecular flexibility index (Phi) is 11.5. The molecule has 2 aliphatic heterocycles. The zero-order chi connectivity index (χ0) is 31.0. The van der Waals surface area contributed by atoms with Crippen molar-refractivity contribution >= 4 is 23.7 Å². The normalized spacial score (nSPS) is 19.4. The molecule has 0 radical (unpaired) electrons. The third kappa shape index (κ3) is 9.93. The molecule has 228 valence electrons. The van der Waals surface area contributed by atoms with Gasteiger partial charge >= 0.3 is 30.3 Å². The molecule has 3 heterocycles. The highest BCUT2D eigenvalue weighted by Gasteiger charge is 2.39. The number of aliphatic carboxylic acids is 2. The van der Waals surface area contributed by atoms with E-state index < -0.39 is 24.3 Å². The lowest BCUT2D eigenvalue weighted by atomic mass is 10.1. The maximum Gasteiger partial charge on any atom is 0.490 e. The minimum atomic E-state index is -5.08. The fourth-order valence-electron chi connectivity index (χ4n) is 4.10. The number of halogens is 6. The van der Waals surface area contributed by atoms with Crippen LogP contribution in [0.25, 0.3) is 5.69 Å². The van der Waals surface area contributed by atoms with Crippen molar-refractivity contribution in [3.05, 3.63) is 42.1 Å². The van der Waals surface area contributed by atoms with Gasteiger partial charge in [0.2, 0.25) is 0 Å². The second-order valence-corrected chi connectivity index (χ2v) is 8.89. The number of alkyl halides is 6. The average molecular weight is 598 g/mol. The Morgan fingerprint density at radius 2 is 1.46 bits per heavy atom. The van der Waals surface area contributed by atoms with Gasteiger partial charge in [0.25, 0.3) is 0 Å². The fourth-order valence-corrected chi connectivity index (χ4v) is 4.10. The van der Waals surface area contributed by atoms with E-state index in [2.05, 4.69) is 33.3 Å². The summed E-state index contributed by atoms with van der Waals surface area (Å²) in [6.45, 7) is 6.77. The van der Waals surface area contributed by atoms with Crippen LogP contribution in [-0.4, -0.2) is 107 Å². The van der Waals surface area contributed by atoms with Crippen LogP contribution in [0.2, 0.25) is 0 Å². The summed E-state index contributed by atoms with van der Waals surface area (Å²) in [7, 11) is 1.45. The number of ether oxygens (including phenoxy) is 1. The smallest absolute Gasteiger partial charge is 0.475 e. The van der Waals surface area contributed by atoms with E-state index in [4.69, 9.17) is 29.6 Å². The van der Waals surface area contributed by atoms with Gasteiger partial charge in [-0.25, -0.2) is 14.3 Å². The standard InChI is InChI=1S/C20H27N5O2.2C2HF3O2/c1-15-12-19(25(22-15)16-6-4-3-5-7-16)24-10-8-23(9-11-24)17-13-18(21-14-17)20(26)27-2;2*3-2(4,5)1(6)7/h3-7,12,17-18,21H,8-11,13-14H2,1-2H3;2*(H,6,7)/t17-,18-;;/m0../s1. The summed E-state index contributed by atoms with van der Waals surface area (Å²) in [4.78, 5) is 34.4. The quantitative estimate of drug-likeness (QED) is 0.356. The van der Waals surface area contributed by atoms with Gasteiger partial charge in [-0.05, 0) is 25.5 Å². The topological polar surface area (TPSA) is 137 Å². The second kappa shape index (κ2) is 14.2. The molecular formula is C24H29F6N5O6. The van der Waals surface area contributed by atoms with Gasteiger partial charge < -0.3 is 25.2 Å². The number of methoxy groups -OCH3 is 1. The van der Waals surface area contributed by atoms with Crippen molar-refractivity contribution in [3.63, 3.8) is 0 Å². The van der Waals surface area contributed by atoms with Crippen LogP contribution < -0.4 is 10.2 Å². The van der Waals surface area contributed by atoms with Crippen LogP contribution in [0.3, 0.4) is 0 Å². The summed E-state index contributed by atoms with van der Waals surface area (Å²) in [5, 5.41) is 22.2. The van der Waals surface area contributed by atoms with Gasteiger partial charge in [0, 0.05) is 44.8 Å². The first-order chi connectivity index (χ1) is 19.0. The molecule has 2 aliphatic rings. The number of rotatable bonds is 4. The number of hydrogen-bond donors (Lipinski definition) is 3. The molecule has 3 N–H and O–H groups in total. The number of carboxylic acid groups (broad SMARTS) is 2. The van der Waals surface area contributed by atoms with Crippen LogP contribution in [-0.2, 0) is 19.1 Å². The van der Waals surface area contributed by atoms with Crippen molar-refractivity contribution < 1.29 is 55.7 Å². The zero-order valence-corrected chi connectivity index (χ0v) is 21.9. The number of piperazine rings is 1. The number of benzene rings is 1. The molecule has 0 spiro atoms. The monoisotopic (exact) mass is 597 g/mol. The number of aryl methyl sites for hydroxylation is 1. The molecular weight excluding hydrogens is 568 g/mol. The average Bonchev–Trinajstić information content (AvgIpc) is 3.56. The fraction of sp³-hybridized carbons (Fsp3) is 0.500. The lowest BCUT2D eigenvalue weighted by Crippen LogP contribution is -2.51. The van der Waals surface area contributed by atoms with Crippen molar-refractivity contribution in [3.8, 4) is 5.69 Å². The Bertz CT molecular complexity index is 1140. The maximum absolute atomic E-state index is 11.7. The Labute approximate surface area is 230 Å². The SMILES string of the molecule is COC(=O)[C@@H]1C[C@H](N2CCN(c3cc(C)nn3-c3ccccc3)CC2)CN1.O=C(O)C(F)(F)F.O=C(O)C(F)(F)F. The summed E-state index contributed by atoms with van der Waals surface area (Å²) in [5.74, 6) is -4.52. The largest absolute Gasteiger partial charge is 0.490 e. The van der Waals surface area contributed by atoms with Crippen molar-refractivity contribution in [2.75, 3.05) is 44.7 Å². The number of carbonyl (C=O) groups is 3. The molecule has 0 aliphatic carbocycles. The van der Waals surface area contributed by atoms with Crippen molar-refractivity contribution in [2.24, 2.45) is 0 Å². The predicted molar refractivity (Wildman–Crippen MR) is 132 cm³/mol. The number of nitrogens with zero attached hydrogens (tertiary/aromatic N) is 4. The molecule has 2 aromatic rings. The zero-order valence-electron chi connectivity index (χ0n) is 21.9. The Morgan fingerprint density at radius 1 is 0.951 bits per heavy atom. The molecule has 0 bridgehead atoms. The van der Waals surface area contributed by atoms with Gasteiger partial charge in [-0.2, -0.15) is 31.4 Å².